The van der Waals surface area contributed by atoms with Crippen LogP contribution in [0.1, 0.15) is 240 Å². The van der Waals surface area contributed by atoms with Crippen LogP contribution in [0.4, 0.5) is 4.79 Å². The number of likely N-dealkylation sites (tertiary alicyclic amines) is 2. The molecule has 428 valence electrons. The number of carbonyl (C=O) groups excluding carboxylic acids is 7. The summed E-state index contributed by atoms with van der Waals surface area (Å²) < 4.78 is 40.0. The lowest BCUT2D eigenvalue weighted by molar-refractivity contribution is -0.157. The van der Waals surface area contributed by atoms with Gasteiger partial charge in [-0.25, -0.2) is 4.79 Å². The quantitative estimate of drug-likeness (QED) is 0.0318. The van der Waals surface area contributed by atoms with Crippen LogP contribution in [0.25, 0.3) is 0 Å². The summed E-state index contributed by atoms with van der Waals surface area (Å²) in [6.45, 7) is 9.04. The first kappa shape index (κ1) is 66.2. The van der Waals surface area contributed by atoms with Gasteiger partial charge in [-0.1, -0.05) is 156 Å². The number of carbonyl (C=O) groups is 7. The van der Waals surface area contributed by atoms with E-state index in [0.29, 0.717) is 58.0 Å². The van der Waals surface area contributed by atoms with Crippen LogP contribution >= 0.6 is 0 Å². The molecule has 16 nitrogen and oxygen atoms in total. The van der Waals surface area contributed by atoms with Gasteiger partial charge in [-0.15, -0.1) is 0 Å². The van der Waals surface area contributed by atoms with E-state index in [0.717, 1.165) is 103 Å². The van der Waals surface area contributed by atoms with Gasteiger partial charge in [0.25, 0.3) is 0 Å². The van der Waals surface area contributed by atoms with Gasteiger partial charge in [-0.2, -0.15) is 0 Å². The number of unbranched alkanes of at least 4 members (excludes halogenated alkanes) is 20. The molecule has 0 aliphatic carbocycles. The summed E-state index contributed by atoms with van der Waals surface area (Å²) in [5.74, 6) is -3.90. The maximum absolute atomic E-state index is 13.9. The number of likely N-dealkylation sites (N-methyl/N-ethyl adjacent to an activating group) is 1. The highest BCUT2D eigenvalue weighted by molar-refractivity contribution is 5.73. The average molecular weight is 1050 g/mol. The fraction of sp³-hybridized carbons (Fsp3) is 0.879. The van der Waals surface area contributed by atoms with Gasteiger partial charge in [0, 0.05) is 50.6 Å². The van der Waals surface area contributed by atoms with Crippen LogP contribution in [-0.4, -0.2) is 130 Å². The average Bonchev–Trinajstić information content (AvgIpc) is 3.37. The van der Waals surface area contributed by atoms with Crippen molar-refractivity contribution in [2.24, 2.45) is 11.8 Å². The predicted molar refractivity (Wildman–Crippen MR) is 285 cm³/mol. The van der Waals surface area contributed by atoms with Gasteiger partial charge in [-0.3, -0.25) is 38.6 Å². The molecular formula is C58H102N2O14. The number of piperidine rings is 1. The molecule has 0 N–H and O–H groups in total. The van der Waals surface area contributed by atoms with Crippen molar-refractivity contribution in [1.82, 2.24) is 9.80 Å². The number of rotatable bonds is 45. The van der Waals surface area contributed by atoms with E-state index in [1.54, 1.807) is 0 Å². The van der Waals surface area contributed by atoms with E-state index < -0.39 is 42.0 Å². The van der Waals surface area contributed by atoms with Gasteiger partial charge in [-0.05, 0) is 52.0 Å². The Kier molecular flexibility index (Phi) is 38.6. The fourth-order valence-electron chi connectivity index (χ4n) is 9.34. The fourth-order valence-corrected chi connectivity index (χ4v) is 9.34. The minimum atomic E-state index is -0.629. The van der Waals surface area contributed by atoms with E-state index in [2.05, 4.69) is 27.7 Å². The molecule has 2 rings (SSSR count). The molecule has 2 aliphatic rings. The number of esters is 6. The molecule has 0 spiro atoms. The van der Waals surface area contributed by atoms with Gasteiger partial charge >= 0.3 is 41.9 Å². The minimum Gasteiger partial charge on any atom is -0.465 e. The van der Waals surface area contributed by atoms with E-state index in [1.165, 1.54) is 30.6 Å². The van der Waals surface area contributed by atoms with Crippen molar-refractivity contribution in [2.45, 2.75) is 258 Å². The molecule has 0 radical (unpaired) electrons. The molecule has 1 amide bonds. The summed E-state index contributed by atoms with van der Waals surface area (Å²) in [6.07, 6.45) is 26.1. The standard InChI is InChI=1S/C58H102N2O14/c1-6-10-14-18-22-26-33-52(61)68-41-47(42-69-53(62)34-27-23-19-15-11-7-2)37-56(65)72-45-49-31-30-32-50(60(49)58(67)74-51-39-59(5)40-51)46-73-57(66)38-48(43-70-54(63)35-28-24-20-16-12-8-3)44-71-55(64)36-29-25-21-17-13-9-4/h47-51H,6-46H2,1-5H3/t49-,50-/m0/s1. The molecular weight excluding hydrogens is 949 g/mol. The van der Waals surface area contributed by atoms with E-state index >= 15 is 0 Å². The Labute approximate surface area is 446 Å². The van der Waals surface area contributed by atoms with E-state index in [4.69, 9.17) is 33.2 Å². The van der Waals surface area contributed by atoms with Crippen LogP contribution in [0.5, 0.6) is 0 Å². The molecule has 2 saturated heterocycles. The summed E-state index contributed by atoms with van der Waals surface area (Å²) in [5, 5.41) is 0. The highest BCUT2D eigenvalue weighted by atomic mass is 16.6. The van der Waals surface area contributed by atoms with Gasteiger partial charge in [0.2, 0.25) is 0 Å². The molecule has 0 aromatic carbocycles. The van der Waals surface area contributed by atoms with Crippen LogP contribution < -0.4 is 0 Å². The molecule has 0 aromatic rings. The topological polar surface area (TPSA) is 191 Å². The Bertz CT molecular complexity index is 1380. The van der Waals surface area contributed by atoms with E-state index in [-0.39, 0.29) is 108 Å². The third kappa shape index (κ3) is 33.2. The Balaban J connectivity index is 2.09. The van der Waals surface area contributed by atoms with E-state index in [9.17, 15) is 33.6 Å². The summed E-state index contributed by atoms with van der Waals surface area (Å²) in [7, 11) is 1.93. The monoisotopic (exact) mass is 1050 g/mol. The Morgan fingerprint density at radius 1 is 0.405 bits per heavy atom. The molecule has 16 heteroatoms. The maximum Gasteiger partial charge on any atom is 0.410 e. The zero-order valence-corrected chi connectivity index (χ0v) is 47.0. The summed E-state index contributed by atoms with van der Waals surface area (Å²) >= 11 is 0. The molecule has 2 atom stereocenters. The first-order valence-electron chi connectivity index (χ1n) is 29.5. The number of nitrogens with zero attached hydrogens (tertiary/aromatic N) is 2. The number of hydrogen-bond donors (Lipinski definition) is 0. The second-order valence-corrected chi connectivity index (χ2v) is 21.2. The van der Waals surface area contributed by atoms with Crippen molar-refractivity contribution in [3.63, 3.8) is 0 Å². The van der Waals surface area contributed by atoms with Crippen LogP contribution in [0.3, 0.4) is 0 Å². The third-order valence-corrected chi connectivity index (χ3v) is 14.0. The molecule has 0 aromatic heterocycles. The van der Waals surface area contributed by atoms with E-state index in [1.807, 2.05) is 11.9 Å². The predicted octanol–water partition coefficient (Wildman–Crippen LogP) is 11.9. The molecule has 2 heterocycles. The largest absolute Gasteiger partial charge is 0.465 e. The second kappa shape index (κ2) is 43.2. The molecule has 2 aliphatic heterocycles. The van der Waals surface area contributed by atoms with Crippen LogP contribution in [0.15, 0.2) is 0 Å². The van der Waals surface area contributed by atoms with Crippen molar-refractivity contribution in [3.8, 4) is 0 Å². The minimum absolute atomic E-state index is 0.108. The molecule has 74 heavy (non-hydrogen) atoms. The smallest absolute Gasteiger partial charge is 0.410 e. The zero-order chi connectivity index (χ0) is 54.0. The second-order valence-electron chi connectivity index (χ2n) is 21.2. The highest BCUT2D eigenvalue weighted by Gasteiger charge is 2.39. The van der Waals surface area contributed by atoms with Gasteiger partial charge in [0.05, 0.1) is 51.4 Å². The molecule has 2 fully saturated rings. The Hall–Kier alpha value is -3.95. The number of ether oxygens (including phenoxy) is 7. The summed E-state index contributed by atoms with van der Waals surface area (Å²) in [6, 6.07) is -1.18. The van der Waals surface area contributed by atoms with Gasteiger partial charge in [0.1, 0.15) is 19.3 Å². The van der Waals surface area contributed by atoms with Crippen molar-refractivity contribution >= 4 is 41.9 Å². The normalized spacial score (nSPS) is 15.9. The van der Waals surface area contributed by atoms with Gasteiger partial charge in [0.15, 0.2) is 0 Å². The van der Waals surface area contributed by atoms with Crippen molar-refractivity contribution in [3.05, 3.63) is 0 Å². The SMILES string of the molecule is CCCCCCCCC(=O)OCC(COC(=O)CCCCCCCC)CC(=O)OC[C@@H]1CCC[C@@H](COC(=O)CC(COC(=O)CCCCCCCC)COC(=O)CCCCCCCC)N1C(=O)OC1CN(C)C1. The molecule has 0 unspecified atom stereocenters. The van der Waals surface area contributed by atoms with Crippen molar-refractivity contribution in [1.29, 1.82) is 0 Å². The summed E-state index contributed by atoms with van der Waals surface area (Å²) in [5.41, 5.74) is 0. The molecule has 0 saturated carbocycles. The van der Waals surface area contributed by atoms with Gasteiger partial charge < -0.3 is 33.2 Å². The summed E-state index contributed by atoms with van der Waals surface area (Å²) in [4.78, 5) is 95.4. The number of amides is 1. The van der Waals surface area contributed by atoms with Crippen LogP contribution in [0, 0.1) is 11.8 Å². The zero-order valence-electron chi connectivity index (χ0n) is 47.0. The lowest BCUT2D eigenvalue weighted by atomic mass is 9.96. The van der Waals surface area contributed by atoms with Crippen LogP contribution in [-0.2, 0) is 61.9 Å². The first-order chi connectivity index (χ1) is 35.9. The Morgan fingerprint density at radius 2 is 0.703 bits per heavy atom. The first-order valence-corrected chi connectivity index (χ1v) is 29.5. The number of hydrogen-bond acceptors (Lipinski definition) is 15. The molecule has 0 bridgehead atoms. The lowest BCUT2D eigenvalue weighted by Gasteiger charge is -2.43. The highest BCUT2D eigenvalue weighted by Crippen LogP contribution is 2.27. The lowest BCUT2D eigenvalue weighted by Crippen LogP contribution is -2.57. The third-order valence-electron chi connectivity index (χ3n) is 14.0. The van der Waals surface area contributed by atoms with Crippen molar-refractivity contribution < 1.29 is 66.7 Å². The Morgan fingerprint density at radius 3 is 1.00 bits per heavy atom. The maximum atomic E-state index is 13.9. The van der Waals surface area contributed by atoms with Crippen molar-refractivity contribution in [2.75, 3.05) is 59.8 Å². The van der Waals surface area contributed by atoms with Crippen LogP contribution in [0.2, 0.25) is 0 Å².